The van der Waals surface area contributed by atoms with Crippen molar-refractivity contribution in [1.29, 1.82) is 0 Å². The van der Waals surface area contributed by atoms with Gasteiger partial charge in [0.2, 0.25) is 0 Å². The summed E-state index contributed by atoms with van der Waals surface area (Å²) in [7, 11) is 1.72. The molecule has 1 aliphatic rings. The van der Waals surface area contributed by atoms with Gasteiger partial charge in [0.05, 0.1) is 19.2 Å². The molecule has 1 aromatic rings. The third-order valence-corrected chi connectivity index (χ3v) is 4.09. The molecule has 2 unspecified atom stereocenters. The van der Waals surface area contributed by atoms with Crippen LogP contribution in [0, 0.1) is 5.92 Å². The monoisotopic (exact) mass is 266 g/mol. The summed E-state index contributed by atoms with van der Waals surface area (Å²) >= 11 is 0. The number of hydrogen-bond donors (Lipinski definition) is 1. The fraction of sp³-hybridized carbons (Fsp3) is 0.857. The van der Waals surface area contributed by atoms with E-state index in [0.717, 1.165) is 31.4 Å². The van der Waals surface area contributed by atoms with E-state index >= 15 is 0 Å². The smallest absolute Gasteiger partial charge is 0.141 e. The van der Waals surface area contributed by atoms with E-state index in [1.54, 1.807) is 13.4 Å². The molecule has 1 N–H and O–H groups in total. The number of methoxy groups -OCH3 is 1. The largest absolute Gasteiger partial charge is 0.383 e. The molecular formula is C14H26N4O. The lowest BCUT2D eigenvalue weighted by atomic mass is 9.84. The first-order valence-electron chi connectivity index (χ1n) is 7.43. The van der Waals surface area contributed by atoms with Gasteiger partial charge in [0.15, 0.2) is 0 Å². The molecule has 5 heteroatoms. The van der Waals surface area contributed by atoms with Crippen molar-refractivity contribution in [2.75, 3.05) is 20.3 Å². The number of ether oxygens (including phenoxy) is 1. The molecule has 0 amide bonds. The quantitative estimate of drug-likeness (QED) is 0.768. The Labute approximate surface area is 115 Å². The summed E-state index contributed by atoms with van der Waals surface area (Å²) in [5, 5.41) is 7.79. The standard InChI is InChI=1S/C14H26N4O/c1-3-12-5-4-6-13(9-12)18-14(16-11-17-18)10-15-7-8-19-2/h11-13,15H,3-10H2,1-2H3. The summed E-state index contributed by atoms with van der Waals surface area (Å²) in [4.78, 5) is 4.39. The molecule has 0 radical (unpaired) electrons. The molecule has 0 aliphatic heterocycles. The number of rotatable bonds is 7. The zero-order chi connectivity index (χ0) is 13.5. The molecule has 108 valence electrons. The number of nitrogens with one attached hydrogen (secondary N) is 1. The van der Waals surface area contributed by atoms with Crippen LogP contribution in [0.4, 0.5) is 0 Å². The van der Waals surface area contributed by atoms with Gasteiger partial charge >= 0.3 is 0 Å². The highest BCUT2D eigenvalue weighted by molar-refractivity contribution is 4.89. The van der Waals surface area contributed by atoms with Gasteiger partial charge in [-0.1, -0.05) is 26.2 Å². The third kappa shape index (κ3) is 4.01. The molecule has 19 heavy (non-hydrogen) atoms. The predicted octanol–water partition coefficient (Wildman–Crippen LogP) is 2.16. The minimum absolute atomic E-state index is 0.542. The van der Waals surface area contributed by atoms with Gasteiger partial charge in [-0.2, -0.15) is 5.10 Å². The molecular weight excluding hydrogens is 240 g/mol. The van der Waals surface area contributed by atoms with Crippen molar-refractivity contribution in [2.45, 2.75) is 51.6 Å². The summed E-state index contributed by atoms with van der Waals surface area (Å²) in [6, 6.07) is 0.542. The van der Waals surface area contributed by atoms with E-state index in [2.05, 4.69) is 27.0 Å². The van der Waals surface area contributed by atoms with Gasteiger partial charge in [-0.15, -0.1) is 0 Å². The van der Waals surface area contributed by atoms with Gasteiger partial charge in [-0.05, 0) is 18.8 Å². The van der Waals surface area contributed by atoms with Crippen LogP contribution in [-0.2, 0) is 11.3 Å². The molecule has 5 nitrogen and oxygen atoms in total. The molecule has 1 aromatic heterocycles. The van der Waals surface area contributed by atoms with E-state index in [1.165, 1.54) is 32.1 Å². The fourth-order valence-electron chi connectivity index (χ4n) is 2.94. The first-order valence-corrected chi connectivity index (χ1v) is 7.43. The minimum atomic E-state index is 0.542. The molecule has 0 spiro atoms. The Morgan fingerprint density at radius 3 is 3.16 bits per heavy atom. The van der Waals surface area contributed by atoms with Crippen molar-refractivity contribution in [1.82, 2.24) is 20.1 Å². The van der Waals surface area contributed by atoms with E-state index < -0.39 is 0 Å². The van der Waals surface area contributed by atoms with Crippen molar-refractivity contribution < 1.29 is 4.74 Å². The van der Waals surface area contributed by atoms with Crippen molar-refractivity contribution in [3.63, 3.8) is 0 Å². The maximum atomic E-state index is 5.03. The van der Waals surface area contributed by atoms with Crippen LogP contribution < -0.4 is 5.32 Å². The zero-order valence-electron chi connectivity index (χ0n) is 12.1. The lowest BCUT2D eigenvalue weighted by molar-refractivity contribution is 0.198. The van der Waals surface area contributed by atoms with Crippen LogP contribution in [0.5, 0.6) is 0 Å². The summed E-state index contributed by atoms with van der Waals surface area (Å²) < 4.78 is 7.17. The topological polar surface area (TPSA) is 52.0 Å². The summed E-state index contributed by atoms with van der Waals surface area (Å²) in [6.45, 7) is 4.65. The first kappa shape index (κ1) is 14.5. The normalized spacial score (nSPS) is 23.7. The van der Waals surface area contributed by atoms with Gasteiger partial charge in [0, 0.05) is 13.7 Å². The Morgan fingerprint density at radius 1 is 1.47 bits per heavy atom. The SMILES string of the molecule is CCC1CCCC(n2ncnc2CNCCOC)C1. The Kier molecular flexibility index (Phi) is 5.79. The average Bonchev–Trinajstić information content (AvgIpc) is 2.92. The minimum Gasteiger partial charge on any atom is -0.383 e. The maximum Gasteiger partial charge on any atom is 0.141 e. The second-order valence-corrected chi connectivity index (χ2v) is 5.39. The van der Waals surface area contributed by atoms with Gasteiger partial charge in [0.1, 0.15) is 12.2 Å². The average molecular weight is 266 g/mol. The van der Waals surface area contributed by atoms with Crippen LogP contribution in [0.2, 0.25) is 0 Å². The zero-order valence-corrected chi connectivity index (χ0v) is 12.1. The van der Waals surface area contributed by atoms with Gasteiger partial charge < -0.3 is 10.1 Å². The first-order chi connectivity index (χ1) is 9.35. The van der Waals surface area contributed by atoms with Gasteiger partial charge in [-0.3, -0.25) is 0 Å². The van der Waals surface area contributed by atoms with Crippen LogP contribution in [0.25, 0.3) is 0 Å². The molecule has 1 aliphatic carbocycles. The third-order valence-electron chi connectivity index (χ3n) is 4.09. The predicted molar refractivity (Wildman–Crippen MR) is 74.9 cm³/mol. The van der Waals surface area contributed by atoms with Crippen molar-refractivity contribution in [3.8, 4) is 0 Å². The second kappa shape index (κ2) is 7.60. The lowest BCUT2D eigenvalue weighted by Gasteiger charge is -2.29. The Morgan fingerprint density at radius 2 is 2.37 bits per heavy atom. The highest BCUT2D eigenvalue weighted by atomic mass is 16.5. The van der Waals surface area contributed by atoms with Crippen LogP contribution in [0.3, 0.4) is 0 Å². The van der Waals surface area contributed by atoms with Gasteiger partial charge in [-0.25, -0.2) is 9.67 Å². The number of hydrogen-bond acceptors (Lipinski definition) is 4. The summed E-state index contributed by atoms with van der Waals surface area (Å²) in [5.41, 5.74) is 0. The van der Waals surface area contributed by atoms with E-state index in [1.807, 2.05) is 0 Å². The molecule has 2 rings (SSSR count). The van der Waals surface area contributed by atoms with Crippen LogP contribution in [-0.4, -0.2) is 35.0 Å². The molecule has 2 atom stereocenters. The van der Waals surface area contributed by atoms with Crippen LogP contribution in [0.15, 0.2) is 6.33 Å². The Hall–Kier alpha value is -0.940. The highest BCUT2D eigenvalue weighted by Crippen LogP contribution is 2.34. The van der Waals surface area contributed by atoms with Crippen molar-refractivity contribution in [2.24, 2.45) is 5.92 Å². The highest BCUT2D eigenvalue weighted by Gasteiger charge is 2.24. The summed E-state index contributed by atoms with van der Waals surface area (Å²) in [6.07, 6.45) is 8.16. The Bertz CT molecular complexity index is 366. The molecule has 1 saturated carbocycles. The van der Waals surface area contributed by atoms with E-state index in [9.17, 15) is 0 Å². The van der Waals surface area contributed by atoms with E-state index in [0.29, 0.717) is 6.04 Å². The molecule has 1 heterocycles. The van der Waals surface area contributed by atoms with Crippen molar-refractivity contribution >= 4 is 0 Å². The second-order valence-electron chi connectivity index (χ2n) is 5.39. The number of aromatic nitrogens is 3. The fourth-order valence-corrected chi connectivity index (χ4v) is 2.94. The van der Waals surface area contributed by atoms with Gasteiger partial charge in [0.25, 0.3) is 0 Å². The number of nitrogens with zero attached hydrogens (tertiary/aromatic N) is 3. The molecule has 0 saturated heterocycles. The lowest BCUT2D eigenvalue weighted by Crippen LogP contribution is -2.25. The van der Waals surface area contributed by atoms with Crippen LogP contribution >= 0.6 is 0 Å². The van der Waals surface area contributed by atoms with E-state index in [4.69, 9.17) is 4.74 Å². The molecule has 0 aromatic carbocycles. The van der Waals surface area contributed by atoms with Crippen molar-refractivity contribution in [3.05, 3.63) is 12.2 Å². The molecule has 1 fully saturated rings. The Balaban J connectivity index is 1.90. The summed E-state index contributed by atoms with van der Waals surface area (Å²) in [5.74, 6) is 1.91. The van der Waals surface area contributed by atoms with Crippen LogP contribution in [0.1, 0.15) is 50.9 Å². The molecule has 0 bridgehead atoms. The van der Waals surface area contributed by atoms with E-state index in [-0.39, 0.29) is 0 Å². The maximum absolute atomic E-state index is 5.03.